The highest BCUT2D eigenvalue weighted by Crippen LogP contribution is 2.27. The lowest BCUT2D eigenvalue weighted by Crippen LogP contribution is -2.30. The molecule has 4 aromatic rings. The summed E-state index contributed by atoms with van der Waals surface area (Å²) in [5.74, 6) is -0.553. The van der Waals surface area contributed by atoms with Crippen molar-refractivity contribution in [1.29, 1.82) is 0 Å². The largest absolute Gasteiger partial charge is 0.378 e. The number of amides is 3. The number of rotatable bonds is 11. The van der Waals surface area contributed by atoms with Crippen molar-refractivity contribution in [2.75, 3.05) is 29.6 Å². The minimum Gasteiger partial charge on any atom is -0.378 e. The van der Waals surface area contributed by atoms with Crippen molar-refractivity contribution in [3.05, 3.63) is 126 Å². The summed E-state index contributed by atoms with van der Waals surface area (Å²) in [7, 11) is 3.91. The van der Waals surface area contributed by atoms with Gasteiger partial charge in [0.15, 0.2) is 0 Å². The molecule has 4 aromatic carbocycles. The van der Waals surface area contributed by atoms with Crippen molar-refractivity contribution in [2.45, 2.75) is 36.8 Å². The highest BCUT2D eigenvalue weighted by Gasteiger charge is 2.18. The number of hydrogen-bond donors (Lipinski definition) is 3. The molecule has 1 unspecified atom stereocenters. The van der Waals surface area contributed by atoms with Gasteiger partial charge in [-0.25, -0.2) is 0 Å². The lowest BCUT2D eigenvalue weighted by Gasteiger charge is -2.15. The highest BCUT2D eigenvalue weighted by molar-refractivity contribution is 8.00. The first-order valence-electron chi connectivity index (χ1n) is 14.4. The molecule has 0 heterocycles. The SMILES string of the molecule is CC(Sc1cccc(NC(=O)/C(=C\c2ccc(N(C)C)cc2)NC(=O)c2ccccc2)c1)C(=O)Nc1ccc(C(C)C)cc1. The molecule has 0 aliphatic carbocycles. The summed E-state index contributed by atoms with van der Waals surface area (Å²) in [5.41, 5.74) is 4.83. The van der Waals surface area contributed by atoms with Crippen molar-refractivity contribution in [3.63, 3.8) is 0 Å². The van der Waals surface area contributed by atoms with Crippen LogP contribution in [0, 0.1) is 0 Å². The molecule has 4 rings (SSSR count). The molecule has 0 fully saturated rings. The van der Waals surface area contributed by atoms with E-state index in [0.29, 0.717) is 17.2 Å². The van der Waals surface area contributed by atoms with Gasteiger partial charge in [-0.05, 0) is 84.6 Å². The van der Waals surface area contributed by atoms with Crippen LogP contribution in [0.15, 0.2) is 114 Å². The molecule has 1 atom stereocenters. The van der Waals surface area contributed by atoms with Gasteiger partial charge in [0.2, 0.25) is 5.91 Å². The van der Waals surface area contributed by atoms with Gasteiger partial charge in [0.05, 0.1) is 5.25 Å². The predicted molar refractivity (Wildman–Crippen MR) is 182 cm³/mol. The molecule has 0 saturated carbocycles. The third-order valence-corrected chi connectivity index (χ3v) is 7.96. The summed E-state index contributed by atoms with van der Waals surface area (Å²) < 4.78 is 0. The van der Waals surface area contributed by atoms with E-state index in [1.165, 1.54) is 17.3 Å². The molecular weight excluding hydrogens is 568 g/mol. The van der Waals surface area contributed by atoms with Gasteiger partial charge in [0.25, 0.3) is 11.8 Å². The molecule has 3 N–H and O–H groups in total. The molecule has 0 saturated heterocycles. The smallest absolute Gasteiger partial charge is 0.272 e. The second-order valence-corrected chi connectivity index (χ2v) is 12.3. The number of anilines is 3. The predicted octanol–water partition coefficient (Wildman–Crippen LogP) is 7.40. The van der Waals surface area contributed by atoms with E-state index in [1.54, 1.807) is 36.4 Å². The molecule has 0 spiro atoms. The molecule has 0 radical (unpaired) electrons. The van der Waals surface area contributed by atoms with E-state index in [4.69, 9.17) is 0 Å². The maximum Gasteiger partial charge on any atom is 0.272 e. The van der Waals surface area contributed by atoms with Crippen molar-refractivity contribution in [2.24, 2.45) is 0 Å². The van der Waals surface area contributed by atoms with Gasteiger partial charge in [-0.2, -0.15) is 0 Å². The average molecular weight is 607 g/mol. The second-order valence-electron chi connectivity index (χ2n) is 10.9. The van der Waals surface area contributed by atoms with Crippen molar-refractivity contribution >= 4 is 52.6 Å². The Hall–Kier alpha value is -4.82. The molecule has 8 heteroatoms. The molecular formula is C36H38N4O3S. The van der Waals surface area contributed by atoms with E-state index in [0.717, 1.165) is 21.8 Å². The Morgan fingerprint density at radius 3 is 2.07 bits per heavy atom. The standard InChI is InChI=1S/C36H38N4O3S/c1-24(2)27-16-18-29(19-17-27)37-34(41)25(3)44-32-13-9-12-30(23-32)38-36(43)33(39-35(42)28-10-7-6-8-11-28)22-26-14-20-31(21-15-26)40(4)5/h6-25H,1-5H3,(H,37,41)(H,38,43)(H,39,42)/b33-22+. The first-order chi connectivity index (χ1) is 21.1. The van der Waals surface area contributed by atoms with Gasteiger partial charge >= 0.3 is 0 Å². The van der Waals surface area contributed by atoms with Crippen LogP contribution in [0.2, 0.25) is 0 Å². The first kappa shape index (κ1) is 32.1. The number of carbonyl (C=O) groups excluding carboxylic acids is 3. The van der Waals surface area contributed by atoms with Gasteiger partial charge in [0.1, 0.15) is 5.70 Å². The van der Waals surface area contributed by atoms with Crippen LogP contribution in [-0.2, 0) is 9.59 Å². The minimum absolute atomic E-state index is 0.103. The molecule has 7 nitrogen and oxygen atoms in total. The molecule has 0 aliphatic heterocycles. The van der Waals surface area contributed by atoms with Crippen LogP contribution in [0.25, 0.3) is 6.08 Å². The Labute approximate surface area is 263 Å². The van der Waals surface area contributed by atoms with Crippen molar-refractivity contribution in [3.8, 4) is 0 Å². The van der Waals surface area contributed by atoms with E-state index in [1.807, 2.05) is 98.7 Å². The van der Waals surface area contributed by atoms with Crippen LogP contribution in [0.3, 0.4) is 0 Å². The van der Waals surface area contributed by atoms with Crippen LogP contribution in [0.4, 0.5) is 17.1 Å². The molecule has 0 aromatic heterocycles. The summed E-state index contributed by atoms with van der Waals surface area (Å²) in [6.07, 6.45) is 1.65. The monoisotopic (exact) mass is 606 g/mol. The quantitative estimate of drug-likeness (QED) is 0.122. The number of nitrogens with one attached hydrogen (secondary N) is 3. The van der Waals surface area contributed by atoms with Crippen LogP contribution < -0.4 is 20.9 Å². The van der Waals surface area contributed by atoms with E-state index < -0.39 is 5.91 Å². The molecule has 44 heavy (non-hydrogen) atoms. The lowest BCUT2D eigenvalue weighted by atomic mass is 10.0. The number of benzene rings is 4. The van der Waals surface area contributed by atoms with Gasteiger partial charge in [0, 0.05) is 41.6 Å². The van der Waals surface area contributed by atoms with Gasteiger partial charge in [-0.1, -0.05) is 62.4 Å². The molecule has 3 amide bonds. The summed E-state index contributed by atoms with van der Waals surface area (Å²) in [5, 5.41) is 8.27. The van der Waals surface area contributed by atoms with Crippen LogP contribution >= 0.6 is 11.8 Å². The van der Waals surface area contributed by atoms with Crippen molar-refractivity contribution < 1.29 is 14.4 Å². The number of carbonyl (C=O) groups is 3. The molecule has 226 valence electrons. The fourth-order valence-electron chi connectivity index (χ4n) is 4.28. The topological polar surface area (TPSA) is 90.5 Å². The Kier molecular flexibility index (Phi) is 11.0. The summed E-state index contributed by atoms with van der Waals surface area (Å²) in [4.78, 5) is 42.2. The van der Waals surface area contributed by atoms with E-state index >= 15 is 0 Å². The number of nitrogens with zero attached hydrogens (tertiary/aromatic N) is 1. The van der Waals surface area contributed by atoms with Crippen LogP contribution in [0.5, 0.6) is 0 Å². The third kappa shape index (κ3) is 9.09. The fraction of sp³-hybridized carbons (Fsp3) is 0.194. The van der Waals surface area contributed by atoms with Gasteiger partial charge in [-0.3, -0.25) is 14.4 Å². The molecule has 0 bridgehead atoms. The molecule has 0 aliphatic rings. The third-order valence-electron chi connectivity index (χ3n) is 6.87. The van der Waals surface area contributed by atoms with Crippen molar-refractivity contribution in [1.82, 2.24) is 5.32 Å². The number of thioether (sulfide) groups is 1. The first-order valence-corrected chi connectivity index (χ1v) is 15.3. The van der Waals surface area contributed by atoms with Crippen LogP contribution in [-0.4, -0.2) is 37.1 Å². The van der Waals surface area contributed by atoms with Crippen LogP contribution in [0.1, 0.15) is 48.2 Å². The summed E-state index contributed by atoms with van der Waals surface area (Å²) in [6.45, 7) is 6.10. The fourth-order valence-corrected chi connectivity index (χ4v) is 5.20. The zero-order valence-electron chi connectivity index (χ0n) is 25.6. The average Bonchev–Trinajstić information content (AvgIpc) is 3.01. The maximum atomic E-state index is 13.5. The highest BCUT2D eigenvalue weighted by atomic mass is 32.2. The summed E-state index contributed by atoms with van der Waals surface area (Å²) in [6, 6.07) is 31.6. The zero-order chi connectivity index (χ0) is 31.6. The lowest BCUT2D eigenvalue weighted by molar-refractivity contribution is -0.115. The van der Waals surface area contributed by atoms with E-state index in [9.17, 15) is 14.4 Å². The second kappa shape index (κ2) is 15.1. The Bertz CT molecular complexity index is 1620. The normalized spacial score (nSPS) is 11.9. The zero-order valence-corrected chi connectivity index (χ0v) is 26.4. The Balaban J connectivity index is 1.47. The van der Waals surface area contributed by atoms with E-state index in [2.05, 4.69) is 29.8 Å². The number of hydrogen-bond acceptors (Lipinski definition) is 5. The van der Waals surface area contributed by atoms with Gasteiger partial charge < -0.3 is 20.9 Å². The van der Waals surface area contributed by atoms with Gasteiger partial charge in [-0.15, -0.1) is 11.8 Å². The summed E-state index contributed by atoms with van der Waals surface area (Å²) >= 11 is 1.39. The Morgan fingerprint density at radius 1 is 0.750 bits per heavy atom. The maximum absolute atomic E-state index is 13.5. The minimum atomic E-state index is -0.469. The van der Waals surface area contributed by atoms with E-state index in [-0.39, 0.29) is 22.8 Å². The Morgan fingerprint density at radius 2 is 1.43 bits per heavy atom.